The van der Waals surface area contributed by atoms with Gasteiger partial charge in [0.2, 0.25) is 5.91 Å². The van der Waals surface area contributed by atoms with Gasteiger partial charge < -0.3 is 4.98 Å². The maximum Gasteiger partial charge on any atom is 0.250 e. The lowest BCUT2D eigenvalue weighted by Gasteiger charge is -1.96. The summed E-state index contributed by atoms with van der Waals surface area (Å²) in [6.45, 7) is 0. The Morgan fingerprint density at radius 2 is 2.09 bits per heavy atom. The van der Waals surface area contributed by atoms with E-state index in [1.54, 1.807) is 18.5 Å². The largest absolute Gasteiger partial charge is 0.353 e. The van der Waals surface area contributed by atoms with Gasteiger partial charge in [-0.25, -0.2) is 4.98 Å². The minimum atomic E-state index is -0.222. The van der Waals surface area contributed by atoms with Gasteiger partial charge in [-0.3, -0.25) is 15.1 Å². The molecule has 0 fully saturated rings. The predicted molar refractivity (Wildman–Crippen MR) is 93.4 cm³/mol. The number of thiazole rings is 1. The summed E-state index contributed by atoms with van der Waals surface area (Å²) in [6, 6.07) is 10.1. The molecule has 0 unspecified atom stereocenters. The van der Waals surface area contributed by atoms with E-state index in [1.807, 2.05) is 29.6 Å². The molecule has 4 rings (SSSR count). The molecule has 3 heterocycles. The number of amides is 1. The Kier molecular flexibility index (Phi) is 3.36. The molecule has 0 saturated heterocycles. The molecule has 0 saturated carbocycles. The molecule has 0 bridgehead atoms. The van der Waals surface area contributed by atoms with Gasteiger partial charge in [-0.2, -0.15) is 0 Å². The minimum Gasteiger partial charge on any atom is -0.353 e. The third-order valence-electron chi connectivity index (χ3n) is 3.48. The molecule has 4 aromatic rings. The average molecular weight is 320 g/mol. The van der Waals surface area contributed by atoms with Crippen molar-refractivity contribution in [3.05, 3.63) is 59.9 Å². The van der Waals surface area contributed by atoms with Crippen LogP contribution in [-0.4, -0.2) is 20.9 Å². The molecule has 0 spiro atoms. The van der Waals surface area contributed by atoms with E-state index in [0.29, 0.717) is 5.13 Å². The van der Waals surface area contributed by atoms with Crippen LogP contribution < -0.4 is 5.32 Å². The maximum absolute atomic E-state index is 11.8. The fourth-order valence-electron chi connectivity index (χ4n) is 2.45. The first kappa shape index (κ1) is 13.7. The third-order valence-corrected chi connectivity index (χ3v) is 4.17. The van der Waals surface area contributed by atoms with Crippen LogP contribution in [-0.2, 0) is 4.79 Å². The minimum absolute atomic E-state index is 0.222. The Hall–Kier alpha value is -2.99. The number of nitrogens with one attached hydrogen (secondary N) is 2. The van der Waals surface area contributed by atoms with Crippen LogP contribution in [0, 0.1) is 0 Å². The van der Waals surface area contributed by atoms with Crippen LogP contribution in [0.3, 0.4) is 0 Å². The van der Waals surface area contributed by atoms with Gasteiger partial charge in [0.1, 0.15) is 0 Å². The Morgan fingerprint density at radius 1 is 1.17 bits per heavy atom. The van der Waals surface area contributed by atoms with Crippen molar-refractivity contribution in [3.8, 4) is 0 Å². The number of hydrogen-bond acceptors (Lipinski definition) is 4. The Balaban J connectivity index is 1.62. The Morgan fingerprint density at radius 3 is 2.96 bits per heavy atom. The lowest BCUT2D eigenvalue weighted by atomic mass is 10.1. The zero-order valence-corrected chi connectivity index (χ0v) is 12.8. The van der Waals surface area contributed by atoms with Gasteiger partial charge in [-0.15, -0.1) is 11.3 Å². The van der Waals surface area contributed by atoms with E-state index in [0.717, 1.165) is 27.5 Å². The number of aromatic nitrogens is 3. The molecule has 0 radical (unpaired) electrons. The van der Waals surface area contributed by atoms with Crippen molar-refractivity contribution in [3.63, 3.8) is 0 Å². The fraction of sp³-hybridized carbons (Fsp3) is 0. The lowest BCUT2D eigenvalue weighted by molar-refractivity contribution is -0.111. The maximum atomic E-state index is 11.8. The average Bonchev–Trinajstić information content (AvgIpc) is 3.20. The predicted octanol–water partition coefficient (Wildman–Crippen LogP) is 3.82. The van der Waals surface area contributed by atoms with Gasteiger partial charge in [0.05, 0.1) is 17.4 Å². The summed E-state index contributed by atoms with van der Waals surface area (Å²) in [4.78, 5) is 23.5. The van der Waals surface area contributed by atoms with E-state index < -0.39 is 0 Å². The molecule has 1 aromatic carbocycles. The SMILES string of the molecule is O=C(/C=C/c1cc2c(cn1)[nH]c1ccccc12)Nc1nccs1. The van der Waals surface area contributed by atoms with Crippen molar-refractivity contribution in [2.45, 2.75) is 0 Å². The van der Waals surface area contributed by atoms with Crippen molar-refractivity contribution in [2.24, 2.45) is 0 Å². The number of carbonyl (C=O) groups excluding carboxylic acids is 1. The molecule has 112 valence electrons. The number of fused-ring (bicyclic) bond motifs is 3. The van der Waals surface area contributed by atoms with Crippen molar-refractivity contribution in [2.75, 3.05) is 5.32 Å². The van der Waals surface area contributed by atoms with Crippen molar-refractivity contribution < 1.29 is 4.79 Å². The van der Waals surface area contributed by atoms with Gasteiger partial charge in [-0.05, 0) is 18.2 Å². The zero-order valence-electron chi connectivity index (χ0n) is 12.0. The normalized spacial score (nSPS) is 11.5. The Labute approximate surface area is 135 Å². The van der Waals surface area contributed by atoms with Gasteiger partial charge >= 0.3 is 0 Å². The summed E-state index contributed by atoms with van der Waals surface area (Å²) in [7, 11) is 0. The van der Waals surface area contributed by atoms with Crippen molar-refractivity contribution >= 4 is 50.3 Å². The van der Waals surface area contributed by atoms with Crippen LogP contribution in [0.4, 0.5) is 5.13 Å². The van der Waals surface area contributed by atoms with Gasteiger partial charge in [0.15, 0.2) is 5.13 Å². The van der Waals surface area contributed by atoms with Gasteiger partial charge in [0.25, 0.3) is 0 Å². The molecule has 0 aliphatic rings. The number of H-pyrrole nitrogens is 1. The van der Waals surface area contributed by atoms with Gasteiger partial charge in [0, 0.05) is 33.9 Å². The summed E-state index contributed by atoms with van der Waals surface area (Å²) < 4.78 is 0. The van der Waals surface area contributed by atoms with E-state index in [2.05, 4.69) is 26.3 Å². The molecular formula is C17H12N4OS. The summed E-state index contributed by atoms with van der Waals surface area (Å²) in [5.41, 5.74) is 2.79. The number of nitrogens with zero attached hydrogens (tertiary/aromatic N) is 2. The summed E-state index contributed by atoms with van der Waals surface area (Å²) >= 11 is 1.38. The number of benzene rings is 1. The molecule has 5 nitrogen and oxygen atoms in total. The molecular weight excluding hydrogens is 308 g/mol. The second-order valence-electron chi connectivity index (χ2n) is 4.99. The van der Waals surface area contributed by atoms with E-state index >= 15 is 0 Å². The van der Waals surface area contributed by atoms with E-state index in [9.17, 15) is 4.79 Å². The Bertz CT molecular complexity index is 1020. The number of anilines is 1. The van der Waals surface area contributed by atoms with Crippen molar-refractivity contribution in [1.82, 2.24) is 15.0 Å². The standard InChI is InChI=1S/C17H12N4OS/c22-16(21-17-18-7-8-23-17)6-5-11-9-13-12-3-1-2-4-14(12)20-15(13)10-19-11/h1-10,20H,(H,18,21,22)/b6-5+. The molecule has 0 atom stereocenters. The molecule has 2 N–H and O–H groups in total. The number of pyridine rings is 1. The van der Waals surface area contributed by atoms with Crippen LogP contribution in [0.15, 0.2) is 54.2 Å². The number of para-hydroxylation sites is 1. The van der Waals surface area contributed by atoms with Gasteiger partial charge in [-0.1, -0.05) is 18.2 Å². The first-order valence-electron chi connectivity index (χ1n) is 7.04. The highest BCUT2D eigenvalue weighted by Gasteiger charge is 2.05. The molecule has 0 aliphatic carbocycles. The third kappa shape index (κ3) is 2.72. The molecule has 23 heavy (non-hydrogen) atoms. The van der Waals surface area contributed by atoms with Crippen molar-refractivity contribution in [1.29, 1.82) is 0 Å². The summed E-state index contributed by atoms with van der Waals surface area (Å²) in [6.07, 6.45) is 6.60. The van der Waals surface area contributed by atoms with Crippen LogP contribution in [0.25, 0.3) is 27.9 Å². The number of rotatable bonds is 3. The number of hydrogen-bond donors (Lipinski definition) is 2. The second-order valence-corrected chi connectivity index (χ2v) is 5.88. The highest BCUT2D eigenvalue weighted by atomic mass is 32.1. The molecule has 1 amide bonds. The first-order chi connectivity index (χ1) is 11.3. The highest BCUT2D eigenvalue weighted by Crippen LogP contribution is 2.25. The van der Waals surface area contributed by atoms with Crippen LogP contribution >= 0.6 is 11.3 Å². The molecule has 6 heteroatoms. The first-order valence-corrected chi connectivity index (χ1v) is 7.92. The van der Waals surface area contributed by atoms with E-state index in [-0.39, 0.29) is 5.91 Å². The fourth-order valence-corrected chi connectivity index (χ4v) is 2.98. The van der Waals surface area contributed by atoms with Crippen LogP contribution in [0.5, 0.6) is 0 Å². The van der Waals surface area contributed by atoms with E-state index in [1.165, 1.54) is 17.4 Å². The smallest absolute Gasteiger partial charge is 0.250 e. The summed E-state index contributed by atoms with van der Waals surface area (Å²) in [5, 5.41) is 7.33. The monoisotopic (exact) mass is 320 g/mol. The second kappa shape index (κ2) is 5.66. The molecule has 3 aromatic heterocycles. The summed E-state index contributed by atoms with van der Waals surface area (Å²) in [5.74, 6) is -0.222. The topological polar surface area (TPSA) is 70.7 Å². The lowest BCUT2D eigenvalue weighted by Crippen LogP contribution is -2.07. The number of carbonyl (C=O) groups is 1. The highest BCUT2D eigenvalue weighted by molar-refractivity contribution is 7.13. The van der Waals surface area contributed by atoms with Crippen LogP contribution in [0.2, 0.25) is 0 Å². The zero-order chi connectivity index (χ0) is 15.6. The van der Waals surface area contributed by atoms with Crippen LogP contribution in [0.1, 0.15) is 5.69 Å². The van der Waals surface area contributed by atoms with E-state index in [4.69, 9.17) is 0 Å². The number of aromatic amines is 1. The molecule has 0 aliphatic heterocycles. The quantitative estimate of drug-likeness (QED) is 0.564.